The van der Waals surface area contributed by atoms with E-state index >= 15 is 0 Å². The predicted molar refractivity (Wildman–Crippen MR) is 78.3 cm³/mol. The third-order valence-electron chi connectivity index (χ3n) is 2.61. The van der Waals surface area contributed by atoms with E-state index in [2.05, 4.69) is 25.3 Å². The Labute approximate surface area is 126 Å². The first-order chi connectivity index (χ1) is 10.5. The zero-order valence-corrected chi connectivity index (χ0v) is 12.5. The van der Waals surface area contributed by atoms with Gasteiger partial charge in [0.05, 0.1) is 6.20 Å². The normalized spacial score (nSPS) is 11.1. The van der Waals surface area contributed by atoms with E-state index in [1.165, 1.54) is 13.1 Å². The number of nitrogens with zero attached hydrogens (tertiary/aromatic N) is 3. The Morgan fingerprint density at radius 3 is 2.59 bits per heavy atom. The summed E-state index contributed by atoms with van der Waals surface area (Å²) in [5.74, 6) is -0.321. The molecule has 118 valence electrons. The summed E-state index contributed by atoms with van der Waals surface area (Å²) in [4.78, 5) is 37.8. The molecular weight excluding hydrogens is 290 g/mol. The van der Waals surface area contributed by atoms with Crippen LogP contribution in [0, 0.1) is 0 Å². The molecule has 9 heteroatoms. The highest BCUT2D eigenvalue weighted by molar-refractivity contribution is 5.87. The maximum Gasteiger partial charge on any atom is 0.280 e. The molecule has 0 atom stereocenters. The second-order valence-electron chi connectivity index (χ2n) is 4.31. The number of hydrogen-bond acceptors (Lipinski definition) is 7. The number of carbonyl (C=O) groups is 1. The summed E-state index contributed by atoms with van der Waals surface area (Å²) in [7, 11) is 0. The molecule has 0 fully saturated rings. The minimum absolute atomic E-state index is 0.0261. The van der Waals surface area contributed by atoms with E-state index < -0.39 is 11.8 Å². The Morgan fingerprint density at radius 2 is 2.00 bits per heavy atom. The number of anilines is 1. The van der Waals surface area contributed by atoms with Crippen molar-refractivity contribution < 1.29 is 14.3 Å². The van der Waals surface area contributed by atoms with Crippen LogP contribution >= 0.6 is 0 Å². The first kappa shape index (κ1) is 16.0. The van der Waals surface area contributed by atoms with Gasteiger partial charge in [-0.15, -0.1) is 0 Å². The number of rotatable bonds is 6. The van der Waals surface area contributed by atoms with Crippen LogP contribution in [0.3, 0.4) is 0 Å². The number of H-pyrrole nitrogens is 1. The van der Waals surface area contributed by atoms with Crippen LogP contribution in [0.1, 0.15) is 32.8 Å². The molecule has 2 N–H and O–H groups in total. The van der Waals surface area contributed by atoms with Crippen LogP contribution in [0.2, 0.25) is 0 Å². The van der Waals surface area contributed by atoms with Crippen LogP contribution in [-0.2, 0) is 14.3 Å². The van der Waals surface area contributed by atoms with E-state index in [9.17, 15) is 9.59 Å². The van der Waals surface area contributed by atoms with Gasteiger partial charge in [-0.05, 0) is 13.8 Å². The fraction of sp³-hybridized carbons (Fsp3) is 0.462. The minimum atomic E-state index is -0.693. The lowest BCUT2D eigenvalue weighted by atomic mass is 10.4. The van der Waals surface area contributed by atoms with Crippen molar-refractivity contribution in [1.29, 1.82) is 0 Å². The molecular formula is C13H17N5O4. The first-order valence-electron chi connectivity index (χ1n) is 6.82. The molecule has 0 aliphatic rings. The molecule has 2 rings (SSSR count). The summed E-state index contributed by atoms with van der Waals surface area (Å²) < 4.78 is 10.8. The van der Waals surface area contributed by atoms with Crippen LogP contribution < -0.4 is 10.9 Å². The van der Waals surface area contributed by atoms with Crippen molar-refractivity contribution in [2.45, 2.75) is 27.1 Å². The maximum absolute atomic E-state index is 12.0. The number of aromatic nitrogens is 4. The summed E-state index contributed by atoms with van der Waals surface area (Å²) >= 11 is 0. The molecule has 0 saturated heterocycles. The first-order valence-corrected chi connectivity index (χ1v) is 6.82. The van der Waals surface area contributed by atoms with Gasteiger partial charge < -0.3 is 9.47 Å². The molecule has 1 amide bonds. The van der Waals surface area contributed by atoms with Crippen molar-refractivity contribution in [1.82, 2.24) is 19.9 Å². The number of carbonyl (C=O) groups excluding carboxylic acids is 1. The minimum Gasteiger partial charge on any atom is -0.347 e. The van der Waals surface area contributed by atoms with Gasteiger partial charge in [-0.1, -0.05) is 0 Å². The Morgan fingerprint density at radius 1 is 1.32 bits per heavy atom. The van der Waals surface area contributed by atoms with Gasteiger partial charge in [-0.3, -0.25) is 19.9 Å². The van der Waals surface area contributed by atoms with Gasteiger partial charge in [0.2, 0.25) is 18.1 Å². The third-order valence-corrected chi connectivity index (χ3v) is 2.61. The van der Waals surface area contributed by atoms with Gasteiger partial charge in [0.1, 0.15) is 5.69 Å². The molecule has 0 bridgehead atoms. The molecule has 0 radical (unpaired) electrons. The molecule has 2 aromatic heterocycles. The van der Waals surface area contributed by atoms with Gasteiger partial charge >= 0.3 is 0 Å². The fourth-order valence-corrected chi connectivity index (χ4v) is 1.79. The summed E-state index contributed by atoms with van der Waals surface area (Å²) in [6, 6.07) is 0. The average molecular weight is 307 g/mol. The van der Waals surface area contributed by atoms with Crippen molar-refractivity contribution in [3.8, 4) is 0 Å². The highest BCUT2D eigenvalue weighted by atomic mass is 16.7. The van der Waals surface area contributed by atoms with Gasteiger partial charge in [-0.25, -0.2) is 9.97 Å². The number of hydrogen-bond donors (Lipinski definition) is 2. The fourth-order valence-electron chi connectivity index (χ4n) is 1.79. The van der Waals surface area contributed by atoms with Crippen molar-refractivity contribution in [3.63, 3.8) is 0 Å². The van der Waals surface area contributed by atoms with Crippen molar-refractivity contribution in [2.75, 3.05) is 18.5 Å². The standard InChI is InChI=1S/C13H17N5O4/c1-4-21-12(22-5-2)8-6-14-10-9(16-8)11(20)18-13(17-10)15-7(3)19/h6,12H,4-5H2,1-3H3,(H2,14,15,17,18,19,20). The predicted octanol–water partition coefficient (Wildman–Crippen LogP) is 0.743. The zero-order chi connectivity index (χ0) is 16.1. The quantitative estimate of drug-likeness (QED) is 0.755. The molecule has 22 heavy (non-hydrogen) atoms. The van der Waals surface area contributed by atoms with E-state index in [0.29, 0.717) is 18.9 Å². The number of aromatic amines is 1. The topological polar surface area (TPSA) is 119 Å². The second-order valence-corrected chi connectivity index (χ2v) is 4.31. The van der Waals surface area contributed by atoms with Crippen LogP contribution in [0.15, 0.2) is 11.0 Å². The molecule has 9 nitrogen and oxygen atoms in total. The summed E-state index contributed by atoms with van der Waals surface area (Å²) in [5, 5.41) is 2.39. The van der Waals surface area contributed by atoms with Gasteiger partial charge in [-0.2, -0.15) is 4.98 Å². The van der Waals surface area contributed by atoms with Crippen molar-refractivity contribution >= 4 is 23.0 Å². The Balaban J connectivity index is 2.44. The molecule has 0 aromatic carbocycles. The number of nitrogens with one attached hydrogen (secondary N) is 2. The van der Waals surface area contributed by atoms with E-state index in [1.54, 1.807) is 0 Å². The number of fused-ring (bicyclic) bond motifs is 1. The lowest BCUT2D eigenvalue weighted by molar-refractivity contribution is -0.142. The summed E-state index contributed by atoms with van der Waals surface area (Å²) in [6.45, 7) is 5.83. The van der Waals surface area contributed by atoms with Gasteiger partial charge in [0.25, 0.3) is 5.56 Å². The third kappa shape index (κ3) is 3.62. The molecule has 0 unspecified atom stereocenters. The Kier molecular flexibility index (Phi) is 5.12. The van der Waals surface area contributed by atoms with Crippen LogP contribution in [0.4, 0.5) is 5.95 Å². The monoisotopic (exact) mass is 307 g/mol. The summed E-state index contributed by atoms with van der Waals surface area (Å²) in [6.07, 6.45) is 0.740. The van der Waals surface area contributed by atoms with E-state index in [4.69, 9.17) is 9.47 Å². The molecule has 0 aliphatic heterocycles. The molecule has 0 saturated carbocycles. The molecule has 0 aliphatic carbocycles. The van der Waals surface area contributed by atoms with Crippen molar-refractivity contribution in [3.05, 3.63) is 22.2 Å². The zero-order valence-electron chi connectivity index (χ0n) is 12.5. The second kappa shape index (κ2) is 7.05. The van der Waals surface area contributed by atoms with Crippen LogP contribution in [0.25, 0.3) is 11.2 Å². The lowest BCUT2D eigenvalue weighted by Crippen LogP contribution is -2.19. The lowest BCUT2D eigenvalue weighted by Gasteiger charge is -2.15. The highest BCUT2D eigenvalue weighted by Gasteiger charge is 2.16. The van der Waals surface area contributed by atoms with E-state index in [-0.39, 0.29) is 23.0 Å². The Bertz CT molecular complexity index is 724. The SMILES string of the molecule is CCOC(OCC)c1cnc2nc(NC(C)=O)[nH]c(=O)c2n1. The van der Waals surface area contributed by atoms with E-state index in [0.717, 1.165) is 0 Å². The van der Waals surface area contributed by atoms with Gasteiger partial charge in [0, 0.05) is 20.1 Å². The Hall–Kier alpha value is -2.39. The largest absolute Gasteiger partial charge is 0.347 e. The number of ether oxygens (including phenoxy) is 2. The molecule has 2 heterocycles. The highest BCUT2D eigenvalue weighted by Crippen LogP contribution is 2.17. The van der Waals surface area contributed by atoms with E-state index in [1.807, 2.05) is 13.8 Å². The van der Waals surface area contributed by atoms with Gasteiger partial charge in [0.15, 0.2) is 11.2 Å². The average Bonchev–Trinajstić information content (AvgIpc) is 2.46. The molecule has 0 spiro atoms. The van der Waals surface area contributed by atoms with Crippen LogP contribution in [0.5, 0.6) is 0 Å². The smallest absolute Gasteiger partial charge is 0.280 e. The van der Waals surface area contributed by atoms with Crippen LogP contribution in [-0.4, -0.2) is 39.1 Å². The molecule has 2 aromatic rings. The number of amides is 1. The summed E-state index contributed by atoms with van der Waals surface area (Å²) in [5.41, 5.74) is 0.0598. The van der Waals surface area contributed by atoms with Crippen molar-refractivity contribution in [2.24, 2.45) is 0 Å². The maximum atomic E-state index is 12.0.